The first-order chi connectivity index (χ1) is 8.81. The molecular formula is C12H14N2OS3. The SMILES string of the molecule is COc1ccc(CCSc2nnc(SC)s2)cc1. The Kier molecular flexibility index (Phi) is 5.34. The Morgan fingerprint density at radius 2 is 1.89 bits per heavy atom. The lowest BCUT2D eigenvalue weighted by Crippen LogP contribution is -1.89. The number of aryl methyl sites for hydroxylation is 1. The van der Waals surface area contributed by atoms with Gasteiger partial charge in [0, 0.05) is 5.75 Å². The topological polar surface area (TPSA) is 35.0 Å². The number of aromatic nitrogens is 2. The van der Waals surface area contributed by atoms with Crippen molar-refractivity contribution in [1.82, 2.24) is 10.2 Å². The van der Waals surface area contributed by atoms with E-state index >= 15 is 0 Å². The van der Waals surface area contributed by atoms with Gasteiger partial charge in [0.05, 0.1) is 7.11 Å². The lowest BCUT2D eigenvalue weighted by atomic mass is 10.2. The van der Waals surface area contributed by atoms with Gasteiger partial charge in [-0.15, -0.1) is 10.2 Å². The quantitative estimate of drug-likeness (QED) is 0.761. The predicted octanol–water partition coefficient (Wildman–Crippen LogP) is 3.60. The zero-order chi connectivity index (χ0) is 12.8. The summed E-state index contributed by atoms with van der Waals surface area (Å²) >= 11 is 5.06. The molecule has 6 heteroatoms. The molecule has 0 aliphatic rings. The molecule has 0 saturated carbocycles. The van der Waals surface area contributed by atoms with Gasteiger partial charge in [0.2, 0.25) is 0 Å². The van der Waals surface area contributed by atoms with Gasteiger partial charge >= 0.3 is 0 Å². The molecular weight excluding hydrogens is 284 g/mol. The molecule has 0 amide bonds. The van der Waals surface area contributed by atoms with Gasteiger partial charge in [0.25, 0.3) is 0 Å². The maximum absolute atomic E-state index is 5.13. The van der Waals surface area contributed by atoms with Gasteiger partial charge in [-0.3, -0.25) is 0 Å². The van der Waals surface area contributed by atoms with Crippen molar-refractivity contribution in [3.05, 3.63) is 29.8 Å². The van der Waals surface area contributed by atoms with Crippen molar-refractivity contribution in [3.8, 4) is 5.75 Å². The highest BCUT2D eigenvalue weighted by molar-refractivity contribution is 8.02. The van der Waals surface area contributed by atoms with E-state index in [1.165, 1.54) is 5.56 Å². The van der Waals surface area contributed by atoms with Gasteiger partial charge in [0.1, 0.15) is 5.75 Å². The first-order valence-electron chi connectivity index (χ1n) is 5.45. The number of rotatable bonds is 6. The lowest BCUT2D eigenvalue weighted by Gasteiger charge is -2.02. The van der Waals surface area contributed by atoms with E-state index in [0.29, 0.717) is 0 Å². The molecule has 1 aromatic carbocycles. The molecule has 0 atom stereocenters. The Labute approximate surface area is 119 Å². The van der Waals surface area contributed by atoms with Crippen LogP contribution in [0.4, 0.5) is 0 Å². The molecule has 1 aromatic heterocycles. The van der Waals surface area contributed by atoms with Crippen LogP contribution in [0.5, 0.6) is 5.75 Å². The van der Waals surface area contributed by atoms with Crippen molar-refractivity contribution in [2.45, 2.75) is 15.1 Å². The molecule has 96 valence electrons. The third-order valence-corrected chi connectivity index (χ3v) is 5.37. The van der Waals surface area contributed by atoms with Crippen LogP contribution in [0.3, 0.4) is 0 Å². The summed E-state index contributed by atoms with van der Waals surface area (Å²) in [5.41, 5.74) is 1.32. The van der Waals surface area contributed by atoms with Gasteiger partial charge in [-0.1, -0.05) is 47.0 Å². The van der Waals surface area contributed by atoms with E-state index in [0.717, 1.165) is 26.6 Å². The van der Waals surface area contributed by atoms with Gasteiger partial charge in [0.15, 0.2) is 8.68 Å². The number of hydrogen-bond acceptors (Lipinski definition) is 6. The van der Waals surface area contributed by atoms with E-state index in [9.17, 15) is 0 Å². The minimum atomic E-state index is 0.903. The standard InChI is InChI=1S/C12H14N2OS3/c1-15-10-5-3-9(4-6-10)7-8-17-12-14-13-11(16-2)18-12/h3-6H,7-8H2,1-2H3. The van der Waals surface area contributed by atoms with Crippen LogP contribution in [0, 0.1) is 0 Å². The number of ether oxygens (including phenoxy) is 1. The van der Waals surface area contributed by atoms with Gasteiger partial charge in [-0.05, 0) is 30.4 Å². The molecule has 2 aromatic rings. The monoisotopic (exact) mass is 298 g/mol. The first kappa shape index (κ1) is 13.7. The average molecular weight is 298 g/mol. The fraction of sp³-hybridized carbons (Fsp3) is 0.333. The second kappa shape index (κ2) is 7.01. The van der Waals surface area contributed by atoms with Crippen LogP contribution in [0.15, 0.2) is 32.9 Å². The summed E-state index contributed by atoms with van der Waals surface area (Å²) < 4.78 is 7.21. The molecule has 3 nitrogen and oxygen atoms in total. The minimum absolute atomic E-state index is 0.903. The van der Waals surface area contributed by atoms with Crippen molar-refractivity contribution in [2.24, 2.45) is 0 Å². The molecule has 0 spiro atoms. The molecule has 1 heterocycles. The van der Waals surface area contributed by atoms with Crippen molar-refractivity contribution in [1.29, 1.82) is 0 Å². The largest absolute Gasteiger partial charge is 0.497 e. The molecule has 0 fully saturated rings. The average Bonchev–Trinajstić information content (AvgIpc) is 2.87. The van der Waals surface area contributed by atoms with Crippen LogP contribution < -0.4 is 4.74 Å². The second-order valence-corrected chi connectivity index (χ2v) is 6.86. The summed E-state index contributed by atoms with van der Waals surface area (Å²) in [5, 5.41) is 8.21. The Balaban J connectivity index is 1.80. The fourth-order valence-corrected chi connectivity index (χ4v) is 3.88. The number of methoxy groups -OCH3 is 1. The smallest absolute Gasteiger partial charge is 0.175 e. The van der Waals surface area contributed by atoms with Crippen molar-refractivity contribution in [2.75, 3.05) is 19.1 Å². The summed E-state index contributed by atoms with van der Waals surface area (Å²) in [6.07, 6.45) is 3.05. The maximum Gasteiger partial charge on any atom is 0.175 e. The first-order valence-corrected chi connectivity index (χ1v) is 8.47. The van der Waals surface area contributed by atoms with Gasteiger partial charge < -0.3 is 4.74 Å². The molecule has 0 aliphatic heterocycles. The number of nitrogens with zero attached hydrogens (tertiary/aromatic N) is 2. The minimum Gasteiger partial charge on any atom is -0.497 e. The van der Waals surface area contributed by atoms with E-state index in [2.05, 4.69) is 22.3 Å². The summed E-state index contributed by atoms with van der Waals surface area (Å²) in [5.74, 6) is 1.93. The van der Waals surface area contributed by atoms with Crippen LogP contribution in [-0.2, 0) is 6.42 Å². The van der Waals surface area contributed by atoms with Crippen LogP contribution in [0.25, 0.3) is 0 Å². The van der Waals surface area contributed by atoms with E-state index in [1.54, 1.807) is 42.0 Å². The van der Waals surface area contributed by atoms with Crippen molar-refractivity contribution in [3.63, 3.8) is 0 Å². The van der Waals surface area contributed by atoms with Crippen molar-refractivity contribution >= 4 is 34.9 Å². The number of hydrogen-bond donors (Lipinski definition) is 0. The van der Waals surface area contributed by atoms with E-state index in [1.807, 2.05) is 18.4 Å². The van der Waals surface area contributed by atoms with Crippen LogP contribution in [0.1, 0.15) is 5.56 Å². The number of thioether (sulfide) groups is 2. The Morgan fingerprint density at radius 3 is 2.50 bits per heavy atom. The molecule has 0 N–H and O–H groups in total. The highest BCUT2D eigenvalue weighted by Crippen LogP contribution is 2.27. The number of benzene rings is 1. The Hall–Kier alpha value is -0.720. The zero-order valence-corrected chi connectivity index (χ0v) is 12.7. The van der Waals surface area contributed by atoms with Crippen LogP contribution >= 0.6 is 34.9 Å². The zero-order valence-electron chi connectivity index (χ0n) is 10.3. The Bertz CT molecular complexity index is 484. The van der Waals surface area contributed by atoms with E-state index in [4.69, 9.17) is 4.74 Å². The molecule has 0 aliphatic carbocycles. The highest BCUT2D eigenvalue weighted by Gasteiger charge is 2.03. The summed E-state index contributed by atoms with van der Waals surface area (Å²) in [6, 6.07) is 8.20. The highest BCUT2D eigenvalue weighted by atomic mass is 32.2. The van der Waals surface area contributed by atoms with Gasteiger partial charge in [-0.25, -0.2) is 0 Å². The van der Waals surface area contributed by atoms with Crippen LogP contribution in [0.2, 0.25) is 0 Å². The maximum atomic E-state index is 5.13. The third-order valence-electron chi connectivity index (χ3n) is 2.34. The third kappa shape index (κ3) is 3.90. The van der Waals surface area contributed by atoms with Crippen molar-refractivity contribution < 1.29 is 4.74 Å². The molecule has 18 heavy (non-hydrogen) atoms. The van der Waals surface area contributed by atoms with Gasteiger partial charge in [-0.2, -0.15) is 0 Å². The molecule has 2 rings (SSSR count). The van der Waals surface area contributed by atoms with E-state index < -0.39 is 0 Å². The van der Waals surface area contributed by atoms with Crippen LogP contribution in [-0.4, -0.2) is 29.3 Å². The van der Waals surface area contributed by atoms with E-state index in [-0.39, 0.29) is 0 Å². The summed E-state index contributed by atoms with van der Waals surface area (Å²) in [6.45, 7) is 0. The molecule has 0 bridgehead atoms. The Morgan fingerprint density at radius 1 is 1.17 bits per heavy atom. The lowest BCUT2D eigenvalue weighted by molar-refractivity contribution is 0.414. The predicted molar refractivity (Wildman–Crippen MR) is 79.1 cm³/mol. The summed E-state index contributed by atoms with van der Waals surface area (Å²) in [4.78, 5) is 0. The molecule has 0 radical (unpaired) electrons. The molecule has 0 unspecified atom stereocenters. The normalized spacial score (nSPS) is 10.6. The molecule has 0 saturated heterocycles. The second-order valence-electron chi connectivity index (χ2n) is 3.48. The fourth-order valence-electron chi connectivity index (χ4n) is 1.39. The summed E-state index contributed by atoms with van der Waals surface area (Å²) in [7, 11) is 1.68.